The van der Waals surface area contributed by atoms with Gasteiger partial charge in [0.05, 0.1) is 0 Å². The minimum absolute atomic E-state index is 0.166. The van der Waals surface area contributed by atoms with E-state index in [1.54, 1.807) is 17.5 Å². The Morgan fingerprint density at radius 3 is 2.96 bits per heavy atom. The van der Waals surface area contributed by atoms with Crippen molar-refractivity contribution in [2.45, 2.75) is 6.92 Å². The van der Waals surface area contributed by atoms with Crippen molar-refractivity contribution in [3.8, 4) is 0 Å². The highest BCUT2D eigenvalue weighted by Gasteiger charge is 2.14. The van der Waals surface area contributed by atoms with Crippen LogP contribution in [0, 0.1) is 6.92 Å². The van der Waals surface area contributed by atoms with Gasteiger partial charge in [-0.05, 0) is 30.7 Å². The maximum atomic E-state index is 11.9. The van der Waals surface area contributed by atoms with Crippen molar-refractivity contribution in [2.24, 2.45) is 0 Å². The zero-order chi connectivity index (χ0) is 17.5. The predicted molar refractivity (Wildman–Crippen MR) is 98.6 cm³/mol. The van der Waals surface area contributed by atoms with E-state index in [-0.39, 0.29) is 12.3 Å². The molecule has 8 heteroatoms. The molecule has 0 unspecified atom stereocenters. The number of ether oxygens (including phenoxy) is 1. The number of thiazole rings is 1. The molecule has 0 atom stereocenters. The van der Waals surface area contributed by atoms with Crippen LogP contribution in [0.15, 0.2) is 40.7 Å². The maximum Gasteiger partial charge on any atom is 0.358 e. The minimum Gasteiger partial charge on any atom is -0.451 e. The molecule has 24 heavy (non-hydrogen) atoms. The largest absolute Gasteiger partial charge is 0.451 e. The molecular formula is C16H16BrN3O3S. The van der Waals surface area contributed by atoms with Crippen LogP contribution in [0.4, 0.5) is 10.8 Å². The fourth-order valence-corrected chi connectivity index (χ4v) is 2.67. The van der Waals surface area contributed by atoms with Crippen LogP contribution < -0.4 is 10.6 Å². The molecule has 0 saturated carbocycles. The Balaban J connectivity index is 1.84. The van der Waals surface area contributed by atoms with Crippen LogP contribution in [0.25, 0.3) is 0 Å². The fourth-order valence-electron chi connectivity index (χ4n) is 1.73. The Morgan fingerprint density at radius 2 is 2.25 bits per heavy atom. The monoisotopic (exact) mass is 409 g/mol. The third-order valence-electron chi connectivity index (χ3n) is 2.89. The molecule has 1 aromatic heterocycles. The lowest BCUT2D eigenvalue weighted by Gasteiger charge is -2.07. The second kappa shape index (κ2) is 8.60. The van der Waals surface area contributed by atoms with Crippen LogP contribution in [0.3, 0.4) is 0 Å². The Kier molecular flexibility index (Phi) is 6.51. The molecule has 0 saturated heterocycles. The first kappa shape index (κ1) is 18.2. The highest BCUT2D eigenvalue weighted by molar-refractivity contribution is 9.10. The van der Waals surface area contributed by atoms with E-state index < -0.39 is 11.9 Å². The number of esters is 1. The summed E-state index contributed by atoms with van der Waals surface area (Å²) in [5.41, 5.74) is 1.80. The number of rotatable bonds is 7. The molecule has 0 aliphatic heterocycles. The smallest absolute Gasteiger partial charge is 0.358 e. The first-order valence-electron chi connectivity index (χ1n) is 7.03. The fraction of sp³-hybridized carbons (Fsp3) is 0.188. The molecule has 1 aromatic carbocycles. The van der Waals surface area contributed by atoms with Gasteiger partial charge < -0.3 is 15.4 Å². The highest BCUT2D eigenvalue weighted by atomic mass is 79.9. The standard InChI is InChI=1S/C16H16BrN3O3S/c1-3-6-18-16-20-13(9-24-16)15(22)23-8-14(21)19-11-4-5-12(17)10(2)7-11/h3-5,7,9H,1,6,8H2,2H3,(H,18,20)(H,19,21). The number of carbonyl (C=O) groups is 2. The van der Waals surface area contributed by atoms with E-state index in [1.165, 1.54) is 11.3 Å². The second-order valence-corrected chi connectivity index (χ2v) is 6.51. The lowest BCUT2D eigenvalue weighted by molar-refractivity contribution is -0.119. The van der Waals surface area contributed by atoms with Gasteiger partial charge in [0.2, 0.25) is 0 Å². The Bertz CT molecular complexity index is 761. The quantitative estimate of drug-likeness (QED) is 0.539. The minimum atomic E-state index is -0.639. The molecule has 2 aromatic rings. The van der Waals surface area contributed by atoms with Crippen molar-refractivity contribution in [1.82, 2.24) is 4.98 Å². The van der Waals surface area contributed by atoms with Crippen molar-refractivity contribution in [3.63, 3.8) is 0 Å². The van der Waals surface area contributed by atoms with Gasteiger partial charge in [0.25, 0.3) is 5.91 Å². The van der Waals surface area contributed by atoms with Crippen molar-refractivity contribution < 1.29 is 14.3 Å². The van der Waals surface area contributed by atoms with E-state index in [2.05, 4.69) is 38.1 Å². The lowest BCUT2D eigenvalue weighted by Crippen LogP contribution is -2.21. The Labute approximate surface area is 152 Å². The third kappa shape index (κ3) is 5.17. The number of amides is 1. The van der Waals surface area contributed by atoms with Crippen molar-refractivity contribution in [3.05, 3.63) is 52.0 Å². The summed E-state index contributed by atoms with van der Waals surface area (Å²) in [7, 11) is 0. The molecule has 2 N–H and O–H groups in total. The van der Waals surface area contributed by atoms with E-state index in [0.29, 0.717) is 17.4 Å². The molecule has 0 radical (unpaired) electrons. The van der Waals surface area contributed by atoms with Gasteiger partial charge in [-0.3, -0.25) is 4.79 Å². The average molecular weight is 410 g/mol. The van der Waals surface area contributed by atoms with Gasteiger partial charge in [-0.2, -0.15) is 0 Å². The summed E-state index contributed by atoms with van der Waals surface area (Å²) >= 11 is 4.67. The zero-order valence-electron chi connectivity index (χ0n) is 13.0. The summed E-state index contributed by atoms with van der Waals surface area (Å²) in [6, 6.07) is 5.42. The molecule has 0 aliphatic carbocycles. The van der Waals surface area contributed by atoms with Crippen LogP contribution in [0.2, 0.25) is 0 Å². The number of nitrogens with zero attached hydrogens (tertiary/aromatic N) is 1. The molecule has 0 spiro atoms. The molecule has 1 heterocycles. The summed E-state index contributed by atoms with van der Waals surface area (Å²) in [6.07, 6.45) is 1.69. The van der Waals surface area contributed by atoms with E-state index in [4.69, 9.17) is 4.74 Å². The normalized spacial score (nSPS) is 10.1. The summed E-state index contributed by atoms with van der Waals surface area (Å²) in [5, 5.41) is 7.81. The zero-order valence-corrected chi connectivity index (χ0v) is 15.4. The number of aromatic nitrogens is 1. The number of hydrogen-bond donors (Lipinski definition) is 2. The van der Waals surface area contributed by atoms with Crippen molar-refractivity contribution in [2.75, 3.05) is 23.8 Å². The topological polar surface area (TPSA) is 80.3 Å². The van der Waals surface area contributed by atoms with Gasteiger partial charge in [-0.25, -0.2) is 9.78 Å². The van der Waals surface area contributed by atoms with Crippen LogP contribution in [-0.4, -0.2) is 30.0 Å². The Hall–Kier alpha value is -2.19. The SMILES string of the molecule is C=CCNc1nc(C(=O)OCC(=O)Nc2ccc(Br)c(C)c2)cs1. The van der Waals surface area contributed by atoms with Gasteiger partial charge >= 0.3 is 5.97 Å². The predicted octanol–water partition coefficient (Wildman–Crippen LogP) is 3.61. The number of anilines is 2. The van der Waals surface area contributed by atoms with Crippen LogP contribution in [0.1, 0.15) is 16.1 Å². The van der Waals surface area contributed by atoms with E-state index in [1.807, 2.05) is 19.1 Å². The summed E-state index contributed by atoms with van der Waals surface area (Å²) in [6.45, 7) is 5.68. The van der Waals surface area contributed by atoms with E-state index in [9.17, 15) is 9.59 Å². The number of hydrogen-bond acceptors (Lipinski definition) is 6. The first-order chi connectivity index (χ1) is 11.5. The molecule has 0 bridgehead atoms. The van der Waals surface area contributed by atoms with Gasteiger partial charge in [-0.15, -0.1) is 17.9 Å². The van der Waals surface area contributed by atoms with Crippen molar-refractivity contribution >= 4 is 50.0 Å². The molecule has 0 aliphatic rings. The molecular weight excluding hydrogens is 394 g/mol. The number of carbonyl (C=O) groups excluding carboxylic acids is 2. The first-order valence-corrected chi connectivity index (χ1v) is 8.70. The summed E-state index contributed by atoms with van der Waals surface area (Å²) < 4.78 is 5.92. The Morgan fingerprint density at radius 1 is 1.46 bits per heavy atom. The number of benzene rings is 1. The third-order valence-corrected chi connectivity index (χ3v) is 4.58. The highest BCUT2D eigenvalue weighted by Crippen LogP contribution is 2.20. The van der Waals surface area contributed by atoms with Crippen molar-refractivity contribution in [1.29, 1.82) is 0 Å². The summed E-state index contributed by atoms with van der Waals surface area (Å²) in [4.78, 5) is 27.8. The van der Waals surface area contributed by atoms with Crippen LogP contribution in [-0.2, 0) is 9.53 Å². The molecule has 2 rings (SSSR count). The number of aryl methyl sites for hydroxylation is 1. The number of nitrogens with one attached hydrogen (secondary N) is 2. The van der Waals surface area contributed by atoms with Gasteiger partial charge in [0.15, 0.2) is 17.4 Å². The van der Waals surface area contributed by atoms with Gasteiger partial charge in [-0.1, -0.05) is 22.0 Å². The van der Waals surface area contributed by atoms with Gasteiger partial charge in [0, 0.05) is 22.1 Å². The molecule has 0 fully saturated rings. The van der Waals surface area contributed by atoms with E-state index in [0.717, 1.165) is 10.0 Å². The molecule has 126 valence electrons. The lowest BCUT2D eigenvalue weighted by atomic mass is 10.2. The van der Waals surface area contributed by atoms with Crippen LogP contribution in [0.5, 0.6) is 0 Å². The van der Waals surface area contributed by atoms with Crippen LogP contribution >= 0.6 is 27.3 Å². The molecule has 1 amide bonds. The number of halogens is 1. The molecule has 6 nitrogen and oxygen atoms in total. The van der Waals surface area contributed by atoms with Gasteiger partial charge in [0.1, 0.15) is 0 Å². The maximum absolute atomic E-state index is 11.9. The second-order valence-electron chi connectivity index (χ2n) is 4.80. The summed E-state index contributed by atoms with van der Waals surface area (Å²) in [5.74, 6) is -1.05. The average Bonchev–Trinajstić information content (AvgIpc) is 3.03. The van der Waals surface area contributed by atoms with E-state index >= 15 is 0 Å².